The first-order valence-electron chi connectivity index (χ1n) is 7.92. The number of aromatic hydroxyl groups is 1. The van der Waals surface area contributed by atoms with Crippen LogP contribution in [0.3, 0.4) is 0 Å². The van der Waals surface area contributed by atoms with E-state index in [0.717, 1.165) is 17.5 Å². The molecule has 2 aromatic rings. The third-order valence-corrected chi connectivity index (χ3v) is 4.16. The number of thiocarbonyl (C=S) groups is 1. The van der Waals surface area contributed by atoms with Crippen LogP contribution < -0.4 is 10.6 Å². The number of hydrogen-bond acceptors (Lipinski definition) is 3. The molecule has 126 valence electrons. The van der Waals surface area contributed by atoms with E-state index in [4.69, 9.17) is 12.2 Å². The monoisotopic (exact) mass is 342 g/mol. The fourth-order valence-corrected chi connectivity index (χ4v) is 2.51. The Hall–Kier alpha value is -2.40. The molecular formula is C19H22N2O2S. The van der Waals surface area contributed by atoms with Gasteiger partial charge in [0.15, 0.2) is 5.11 Å². The molecule has 1 amide bonds. The molecule has 0 aromatic heterocycles. The molecule has 0 spiro atoms. The van der Waals surface area contributed by atoms with Crippen molar-refractivity contribution >= 4 is 28.9 Å². The smallest absolute Gasteiger partial charge is 0.257 e. The number of carbonyl (C=O) groups is 1. The number of amides is 1. The zero-order chi connectivity index (χ0) is 17.7. The molecule has 0 fully saturated rings. The third-order valence-electron chi connectivity index (χ3n) is 3.96. The minimum absolute atomic E-state index is 0.0919. The number of rotatable bonds is 4. The van der Waals surface area contributed by atoms with Crippen molar-refractivity contribution in [3.8, 4) is 5.75 Å². The van der Waals surface area contributed by atoms with Crippen LogP contribution in [0.1, 0.15) is 47.7 Å². The summed E-state index contributed by atoms with van der Waals surface area (Å²) in [4.78, 5) is 12.2. The normalized spacial score (nSPS) is 11.6. The van der Waals surface area contributed by atoms with Crippen LogP contribution in [0.15, 0.2) is 42.5 Å². The molecule has 0 aliphatic heterocycles. The number of phenols is 1. The molecule has 0 saturated carbocycles. The first kappa shape index (κ1) is 17.9. The Balaban J connectivity index is 2.08. The molecule has 0 aliphatic carbocycles. The Morgan fingerprint density at radius 3 is 2.67 bits per heavy atom. The summed E-state index contributed by atoms with van der Waals surface area (Å²) in [6, 6.07) is 12.6. The van der Waals surface area contributed by atoms with Gasteiger partial charge in [0, 0.05) is 5.56 Å². The van der Waals surface area contributed by atoms with E-state index in [1.54, 1.807) is 18.2 Å². The number of hydrogen-bond donors (Lipinski definition) is 3. The highest BCUT2D eigenvalue weighted by Crippen LogP contribution is 2.29. The average molecular weight is 342 g/mol. The van der Waals surface area contributed by atoms with Crippen molar-refractivity contribution < 1.29 is 9.90 Å². The Labute approximate surface area is 147 Å². The maximum absolute atomic E-state index is 12.2. The Bertz CT molecular complexity index is 759. The van der Waals surface area contributed by atoms with Crippen molar-refractivity contribution in [2.75, 3.05) is 5.32 Å². The van der Waals surface area contributed by atoms with Crippen molar-refractivity contribution in [3.05, 3.63) is 59.2 Å². The lowest BCUT2D eigenvalue weighted by Crippen LogP contribution is -2.34. The predicted octanol–water partition coefficient (Wildman–Crippen LogP) is 4.34. The van der Waals surface area contributed by atoms with Gasteiger partial charge in [-0.2, -0.15) is 0 Å². The van der Waals surface area contributed by atoms with Gasteiger partial charge in [-0.15, -0.1) is 0 Å². The summed E-state index contributed by atoms with van der Waals surface area (Å²) >= 11 is 5.19. The van der Waals surface area contributed by atoms with E-state index in [9.17, 15) is 9.90 Å². The fraction of sp³-hybridized carbons (Fsp3) is 0.263. The zero-order valence-electron chi connectivity index (χ0n) is 14.1. The van der Waals surface area contributed by atoms with Crippen molar-refractivity contribution in [2.45, 2.75) is 33.1 Å². The molecule has 5 heteroatoms. The van der Waals surface area contributed by atoms with Crippen LogP contribution in [-0.4, -0.2) is 16.1 Å². The second-order valence-electron chi connectivity index (χ2n) is 5.86. The van der Waals surface area contributed by atoms with Gasteiger partial charge in [-0.25, -0.2) is 0 Å². The van der Waals surface area contributed by atoms with Crippen molar-refractivity contribution in [2.24, 2.45) is 0 Å². The summed E-state index contributed by atoms with van der Waals surface area (Å²) in [6.45, 7) is 6.15. The molecule has 0 saturated heterocycles. The molecule has 24 heavy (non-hydrogen) atoms. The third kappa shape index (κ3) is 4.55. The van der Waals surface area contributed by atoms with Crippen LogP contribution in [0.5, 0.6) is 5.75 Å². The van der Waals surface area contributed by atoms with Gasteiger partial charge in [0.1, 0.15) is 5.75 Å². The molecule has 3 N–H and O–H groups in total. The summed E-state index contributed by atoms with van der Waals surface area (Å²) in [5.41, 5.74) is 3.13. The minimum Gasteiger partial charge on any atom is -0.506 e. The van der Waals surface area contributed by atoms with Gasteiger partial charge < -0.3 is 10.4 Å². The van der Waals surface area contributed by atoms with Gasteiger partial charge in [-0.05, 0) is 61.3 Å². The van der Waals surface area contributed by atoms with Crippen molar-refractivity contribution in [1.29, 1.82) is 0 Å². The molecule has 2 rings (SSSR count). The van der Waals surface area contributed by atoms with Gasteiger partial charge in [0.2, 0.25) is 0 Å². The highest BCUT2D eigenvalue weighted by atomic mass is 32.1. The first-order valence-corrected chi connectivity index (χ1v) is 8.33. The molecule has 0 radical (unpaired) electrons. The molecule has 0 unspecified atom stereocenters. The number of carbonyl (C=O) groups excluding carboxylic acids is 1. The molecule has 4 nitrogen and oxygen atoms in total. The van der Waals surface area contributed by atoms with Crippen LogP contribution in [0.25, 0.3) is 0 Å². The van der Waals surface area contributed by atoms with Crippen LogP contribution in [-0.2, 0) is 0 Å². The number of benzene rings is 2. The average Bonchev–Trinajstić information content (AvgIpc) is 2.56. The maximum atomic E-state index is 12.2. The molecule has 0 bridgehead atoms. The van der Waals surface area contributed by atoms with E-state index in [-0.39, 0.29) is 16.8 Å². The summed E-state index contributed by atoms with van der Waals surface area (Å²) in [6.07, 6.45) is 0.999. The van der Waals surface area contributed by atoms with E-state index in [2.05, 4.69) is 24.5 Å². The summed E-state index contributed by atoms with van der Waals surface area (Å²) in [7, 11) is 0. The molecule has 0 heterocycles. The molecule has 0 aliphatic rings. The standard InChI is InChI=1S/C19H22N2O2S/c1-4-13(3)14-8-9-17(22)16(11-14)20-19(24)21-18(23)15-7-5-6-12(2)10-15/h5-11,13,22H,4H2,1-3H3,(H2,20,21,23,24)/t13-/m1/s1. The van der Waals surface area contributed by atoms with Gasteiger partial charge in [-0.1, -0.05) is 37.6 Å². The molecular weight excluding hydrogens is 320 g/mol. The number of nitrogens with one attached hydrogen (secondary N) is 2. The Morgan fingerprint density at radius 1 is 1.25 bits per heavy atom. The van der Waals surface area contributed by atoms with E-state index in [0.29, 0.717) is 17.2 Å². The summed E-state index contributed by atoms with van der Waals surface area (Å²) in [5, 5.41) is 15.7. The Morgan fingerprint density at radius 2 is 2.00 bits per heavy atom. The van der Waals surface area contributed by atoms with Gasteiger partial charge >= 0.3 is 0 Å². The SMILES string of the molecule is CC[C@@H](C)c1ccc(O)c(NC(=S)NC(=O)c2cccc(C)c2)c1. The first-order chi connectivity index (χ1) is 11.4. The van der Waals surface area contributed by atoms with E-state index < -0.39 is 0 Å². The second-order valence-corrected chi connectivity index (χ2v) is 6.27. The maximum Gasteiger partial charge on any atom is 0.257 e. The zero-order valence-corrected chi connectivity index (χ0v) is 14.9. The number of aryl methyl sites for hydroxylation is 1. The topological polar surface area (TPSA) is 61.4 Å². The highest BCUT2D eigenvalue weighted by molar-refractivity contribution is 7.80. The predicted molar refractivity (Wildman–Crippen MR) is 102 cm³/mol. The number of anilines is 1. The van der Waals surface area contributed by atoms with Gasteiger partial charge in [-0.3, -0.25) is 10.1 Å². The lowest BCUT2D eigenvalue weighted by atomic mass is 9.98. The van der Waals surface area contributed by atoms with Crippen molar-refractivity contribution in [1.82, 2.24) is 5.32 Å². The van der Waals surface area contributed by atoms with Crippen molar-refractivity contribution in [3.63, 3.8) is 0 Å². The minimum atomic E-state index is -0.284. The number of phenolic OH excluding ortho intramolecular Hbond substituents is 1. The van der Waals surface area contributed by atoms with Crippen LogP contribution >= 0.6 is 12.2 Å². The lowest BCUT2D eigenvalue weighted by molar-refractivity contribution is 0.0977. The Kier molecular flexibility index (Phi) is 5.93. The van der Waals surface area contributed by atoms with Gasteiger partial charge in [0.25, 0.3) is 5.91 Å². The van der Waals surface area contributed by atoms with E-state index >= 15 is 0 Å². The van der Waals surface area contributed by atoms with Gasteiger partial charge in [0.05, 0.1) is 5.69 Å². The van der Waals surface area contributed by atoms with Crippen LogP contribution in [0.4, 0.5) is 5.69 Å². The summed E-state index contributed by atoms with van der Waals surface area (Å²) < 4.78 is 0. The lowest BCUT2D eigenvalue weighted by Gasteiger charge is -2.15. The van der Waals surface area contributed by atoms with E-state index in [1.807, 2.05) is 31.2 Å². The highest BCUT2D eigenvalue weighted by Gasteiger charge is 2.11. The molecule has 1 atom stereocenters. The fourth-order valence-electron chi connectivity index (χ4n) is 2.31. The molecule has 2 aromatic carbocycles. The largest absolute Gasteiger partial charge is 0.506 e. The van der Waals surface area contributed by atoms with Crippen LogP contribution in [0.2, 0.25) is 0 Å². The summed E-state index contributed by atoms with van der Waals surface area (Å²) in [5.74, 6) is 0.185. The van der Waals surface area contributed by atoms with Crippen LogP contribution in [0, 0.1) is 6.92 Å². The second kappa shape index (κ2) is 7.93. The quantitative estimate of drug-likeness (QED) is 0.571. The van der Waals surface area contributed by atoms with E-state index in [1.165, 1.54) is 0 Å².